The van der Waals surface area contributed by atoms with Gasteiger partial charge in [0, 0.05) is 30.4 Å². The monoisotopic (exact) mass is 337 g/mol. The third-order valence-corrected chi connectivity index (χ3v) is 3.74. The van der Waals surface area contributed by atoms with E-state index >= 15 is 0 Å². The number of nitro benzene ring substituents is 1. The fourth-order valence-corrected chi connectivity index (χ4v) is 2.53. The lowest BCUT2D eigenvalue weighted by molar-refractivity contribution is -0.385. The maximum Gasteiger partial charge on any atom is 0.278 e. The minimum atomic E-state index is -0.571. The quantitative estimate of drug-likeness (QED) is 0.530. The van der Waals surface area contributed by atoms with Crippen molar-refractivity contribution in [3.05, 3.63) is 70.4 Å². The van der Waals surface area contributed by atoms with Crippen LogP contribution >= 0.6 is 0 Å². The molecule has 9 heteroatoms. The number of hydrogen-bond donors (Lipinski definition) is 0. The first-order chi connectivity index (χ1) is 12.2. The third kappa shape index (κ3) is 2.82. The Morgan fingerprint density at radius 2 is 1.96 bits per heavy atom. The second-order valence-electron chi connectivity index (χ2n) is 5.30. The zero-order valence-electron chi connectivity index (χ0n) is 12.8. The van der Waals surface area contributed by atoms with Gasteiger partial charge in [-0.2, -0.15) is 4.98 Å². The molecule has 0 saturated heterocycles. The highest BCUT2D eigenvalue weighted by Crippen LogP contribution is 2.32. The van der Waals surface area contributed by atoms with Crippen molar-refractivity contribution >= 4 is 11.4 Å². The van der Waals surface area contributed by atoms with Crippen LogP contribution < -0.4 is 0 Å². The van der Waals surface area contributed by atoms with E-state index in [1.54, 1.807) is 42.7 Å². The van der Waals surface area contributed by atoms with E-state index < -0.39 is 11.0 Å². The average molecular weight is 337 g/mol. The first-order valence-corrected chi connectivity index (χ1v) is 7.43. The summed E-state index contributed by atoms with van der Waals surface area (Å²) in [4.78, 5) is 24.3. The molecule has 0 saturated carbocycles. The number of nitrogens with zero attached hydrogens (tertiary/aromatic N) is 5. The molecular weight excluding hydrogens is 326 g/mol. The van der Waals surface area contributed by atoms with E-state index in [4.69, 9.17) is 9.36 Å². The minimum absolute atomic E-state index is 0.0199. The highest BCUT2D eigenvalue weighted by Gasteiger charge is 2.32. The van der Waals surface area contributed by atoms with E-state index in [0.717, 1.165) is 5.56 Å². The normalized spacial score (nSPS) is 16.3. The highest BCUT2D eigenvalue weighted by molar-refractivity contribution is 6.04. The Kier molecular flexibility index (Phi) is 3.65. The molecule has 0 bridgehead atoms. The van der Waals surface area contributed by atoms with Gasteiger partial charge in [0.25, 0.3) is 11.6 Å². The first-order valence-electron chi connectivity index (χ1n) is 7.43. The van der Waals surface area contributed by atoms with Crippen LogP contribution in [0, 0.1) is 10.1 Å². The fourth-order valence-electron chi connectivity index (χ4n) is 2.53. The molecule has 0 spiro atoms. The largest absolute Gasteiger partial charge is 0.382 e. The fraction of sp³-hybridized carbons (Fsp3) is 0.125. The number of oxime groups is 1. The number of para-hydroxylation sites is 1. The van der Waals surface area contributed by atoms with E-state index in [0.29, 0.717) is 23.5 Å². The van der Waals surface area contributed by atoms with E-state index in [9.17, 15) is 10.1 Å². The van der Waals surface area contributed by atoms with Gasteiger partial charge in [-0.25, -0.2) is 0 Å². The topological polar surface area (TPSA) is 117 Å². The predicted octanol–water partition coefficient (Wildman–Crippen LogP) is 2.91. The Morgan fingerprint density at radius 1 is 1.16 bits per heavy atom. The van der Waals surface area contributed by atoms with Crippen LogP contribution in [0.3, 0.4) is 0 Å². The zero-order valence-corrected chi connectivity index (χ0v) is 12.8. The summed E-state index contributed by atoms with van der Waals surface area (Å²) in [6.45, 7) is 0. The number of hydrogen-bond acceptors (Lipinski definition) is 8. The Bertz CT molecular complexity index is 954. The van der Waals surface area contributed by atoms with Gasteiger partial charge in [0.1, 0.15) is 0 Å². The van der Waals surface area contributed by atoms with Gasteiger partial charge in [-0.15, -0.1) is 0 Å². The smallest absolute Gasteiger partial charge is 0.278 e. The Morgan fingerprint density at radius 3 is 2.76 bits per heavy atom. The molecule has 1 aliphatic rings. The molecule has 25 heavy (non-hydrogen) atoms. The molecule has 0 fully saturated rings. The maximum atomic E-state index is 11.2. The van der Waals surface area contributed by atoms with Crippen LogP contribution in [0.15, 0.2) is 58.5 Å². The summed E-state index contributed by atoms with van der Waals surface area (Å²) in [5.41, 5.74) is 1.64. The van der Waals surface area contributed by atoms with Crippen molar-refractivity contribution in [2.75, 3.05) is 0 Å². The molecule has 3 aromatic rings. The molecule has 1 aliphatic heterocycles. The molecule has 9 nitrogen and oxygen atoms in total. The molecule has 0 aliphatic carbocycles. The average Bonchev–Trinajstić information content (AvgIpc) is 3.32. The summed E-state index contributed by atoms with van der Waals surface area (Å²) in [5.74, 6) is 0.685. The van der Waals surface area contributed by atoms with Crippen molar-refractivity contribution < 1.29 is 14.3 Å². The number of benzene rings is 1. The van der Waals surface area contributed by atoms with E-state index in [2.05, 4.69) is 20.3 Å². The van der Waals surface area contributed by atoms with Crippen LogP contribution in [0.25, 0.3) is 11.4 Å². The third-order valence-electron chi connectivity index (χ3n) is 3.74. The first kappa shape index (κ1) is 14.9. The van der Waals surface area contributed by atoms with Gasteiger partial charge in [-0.05, 0) is 18.2 Å². The zero-order chi connectivity index (χ0) is 17.2. The van der Waals surface area contributed by atoms with Gasteiger partial charge in [0.2, 0.25) is 11.9 Å². The lowest BCUT2D eigenvalue weighted by Gasteiger charge is -2.01. The summed E-state index contributed by atoms with van der Waals surface area (Å²) >= 11 is 0. The van der Waals surface area contributed by atoms with Crippen molar-refractivity contribution in [1.82, 2.24) is 15.1 Å². The lowest BCUT2D eigenvalue weighted by atomic mass is 10.0. The molecule has 2 aromatic heterocycles. The summed E-state index contributed by atoms with van der Waals surface area (Å²) in [6, 6.07) is 9.91. The van der Waals surface area contributed by atoms with Crippen LogP contribution in [-0.2, 0) is 4.84 Å². The van der Waals surface area contributed by atoms with Crippen molar-refractivity contribution in [3.8, 4) is 11.4 Å². The maximum absolute atomic E-state index is 11.2. The van der Waals surface area contributed by atoms with Crippen LogP contribution in [-0.4, -0.2) is 25.8 Å². The molecule has 1 atom stereocenters. The van der Waals surface area contributed by atoms with Crippen molar-refractivity contribution in [3.63, 3.8) is 0 Å². The van der Waals surface area contributed by atoms with Gasteiger partial charge in [-0.1, -0.05) is 22.4 Å². The molecule has 0 N–H and O–H groups in total. The van der Waals surface area contributed by atoms with Gasteiger partial charge in [0.05, 0.1) is 16.2 Å². The predicted molar refractivity (Wildman–Crippen MR) is 85.6 cm³/mol. The second-order valence-corrected chi connectivity index (χ2v) is 5.30. The van der Waals surface area contributed by atoms with Gasteiger partial charge >= 0.3 is 0 Å². The van der Waals surface area contributed by atoms with Gasteiger partial charge in [-0.3, -0.25) is 15.1 Å². The highest BCUT2D eigenvalue weighted by atomic mass is 16.7. The van der Waals surface area contributed by atoms with E-state index in [1.165, 1.54) is 6.07 Å². The van der Waals surface area contributed by atoms with Crippen LogP contribution in [0.4, 0.5) is 5.69 Å². The Labute approximate surface area is 141 Å². The van der Waals surface area contributed by atoms with Crippen molar-refractivity contribution in [2.45, 2.75) is 12.5 Å². The number of pyridine rings is 1. The molecule has 0 radical (unpaired) electrons. The molecule has 4 rings (SSSR count). The van der Waals surface area contributed by atoms with Crippen molar-refractivity contribution in [2.24, 2.45) is 5.16 Å². The summed E-state index contributed by atoms with van der Waals surface area (Å²) in [7, 11) is 0. The van der Waals surface area contributed by atoms with Gasteiger partial charge in [0.15, 0.2) is 0 Å². The molecule has 0 amide bonds. The minimum Gasteiger partial charge on any atom is -0.382 e. The van der Waals surface area contributed by atoms with Crippen molar-refractivity contribution in [1.29, 1.82) is 0 Å². The molecule has 124 valence electrons. The SMILES string of the molecule is O=[N+]([O-])c1ccccc1C1=NO[C@@H](c2nc(-c3ccncc3)no2)C1. The van der Waals surface area contributed by atoms with Crippen LogP contribution in [0.2, 0.25) is 0 Å². The van der Waals surface area contributed by atoms with Gasteiger partial charge < -0.3 is 9.36 Å². The number of aromatic nitrogens is 3. The number of nitro groups is 1. The van der Waals surface area contributed by atoms with E-state index in [1.807, 2.05) is 0 Å². The Balaban J connectivity index is 1.55. The number of rotatable bonds is 4. The standard InChI is InChI=1S/C16H11N5O4/c22-21(23)13-4-2-1-3-11(13)12-9-14(24-19-12)16-18-15(20-25-16)10-5-7-17-8-6-10/h1-8,14H,9H2/t14-/m1/s1. The Hall–Kier alpha value is -3.62. The van der Waals surface area contributed by atoms with Crippen LogP contribution in [0.5, 0.6) is 0 Å². The summed E-state index contributed by atoms with van der Waals surface area (Å²) in [6.07, 6.45) is 3.00. The summed E-state index contributed by atoms with van der Waals surface area (Å²) < 4.78 is 5.25. The second kappa shape index (κ2) is 6.11. The molecule has 3 heterocycles. The van der Waals surface area contributed by atoms with E-state index in [-0.39, 0.29) is 11.6 Å². The molecule has 1 aromatic carbocycles. The molecule has 0 unspecified atom stereocenters. The summed E-state index contributed by atoms with van der Waals surface area (Å²) in [5, 5.41) is 19.0. The molecular formula is C16H11N5O4. The van der Waals surface area contributed by atoms with Crippen LogP contribution in [0.1, 0.15) is 24.0 Å². The lowest BCUT2D eigenvalue weighted by Crippen LogP contribution is -2.05.